The van der Waals surface area contributed by atoms with E-state index < -0.39 is 0 Å². The standard InChI is InChI=1S/C15H20O4/c1-17-15-3-2-13(9-16)8-14(15)11-19-10-12-4-6-18-7-5-12/h2-3,8-9,12H,4-7,10-11H2,1H3. The van der Waals surface area contributed by atoms with Crippen LogP contribution in [0, 0.1) is 5.92 Å². The molecule has 1 aromatic carbocycles. The van der Waals surface area contributed by atoms with E-state index >= 15 is 0 Å². The first-order chi connectivity index (χ1) is 9.33. The summed E-state index contributed by atoms with van der Waals surface area (Å²) in [7, 11) is 1.62. The molecule has 104 valence electrons. The number of carbonyl (C=O) groups is 1. The van der Waals surface area contributed by atoms with Crippen LogP contribution in [0.5, 0.6) is 5.75 Å². The molecule has 1 aliphatic rings. The summed E-state index contributed by atoms with van der Waals surface area (Å²) in [5.74, 6) is 1.34. The minimum Gasteiger partial charge on any atom is -0.496 e. The van der Waals surface area contributed by atoms with Crippen molar-refractivity contribution in [1.82, 2.24) is 0 Å². The van der Waals surface area contributed by atoms with E-state index in [1.54, 1.807) is 19.2 Å². The average molecular weight is 264 g/mol. The van der Waals surface area contributed by atoms with Crippen molar-refractivity contribution in [3.05, 3.63) is 29.3 Å². The zero-order valence-corrected chi connectivity index (χ0v) is 11.3. The maximum atomic E-state index is 10.8. The molecular formula is C15H20O4. The van der Waals surface area contributed by atoms with Gasteiger partial charge < -0.3 is 14.2 Å². The summed E-state index contributed by atoms with van der Waals surface area (Å²) >= 11 is 0. The van der Waals surface area contributed by atoms with Gasteiger partial charge in [-0.3, -0.25) is 4.79 Å². The summed E-state index contributed by atoms with van der Waals surface area (Å²) in [6.45, 7) is 2.87. The number of rotatable bonds is 6. The van der Waals surface area contributed by atoms with Gasteiger partial charge in [0.15, 0.2) is 0 Å². The summed E-state index contributed by atoms with van der Waals surface area (Å²) in [6, 6.07) is 5.36. The molecular weight excluding hydrogens is 244 g/mol. The fraction of sp³-hybridized carbons (Fsp3) is 0.533. The van der Waals surface area contributed by atoms with E-state index in [4.69, 9.17) is 14.2 Å². The van der Waals surface area contributed by atoms with Crippen LogP contribution >= 0.6 is 0 Å². The van der Waals surface area contributed by atoms with E-state index in [1.807, 2.05) is 6.07 Å². The lowest BCUT2D eigenvalue weighted by Gasteiger charge is -2.22. The third-order valence-corrected chi connectivity index (χ3v) is 3.39. The minimum atomic E-state index is 0.474. The van der Waals surface area contributed by atoms with Crippen LogP contribution in [-0.2, 0) is 16.1 Å². The molecule has 1 aliphatic heterocycles. The quantitative estimate of drug-likeness (QED) is 0.740. The van der Waals surface area contributed by atoms with E-state index in [-0.39, 0.29) is 0 Å². The average Bonchev–Trinajstić information content (AvgIpc) is 2.48. The Labute approximate surface area is 113 Å². The van der Waals surface area contributed by atoms with Crippen molar-refractivity contribution in [2.45, 2.75) is 19.4 Å². The minimum absolute atomic E-state index is 0.474. The zero-order chi connectivity index (χ0) is 13.5. The van der Waals surface area contributed by atoms with Gasteiger partial charge in [-0.05, 0) is 37.0 Å². The second kappa shape index (κ2) is 7.26. The van der Waals surface area contributed by atoms with Gasteiger partial charge in [-0.2, -0.15) is 0 Å². The Morgan fingerprint density at radius 3 is 2.84 bits per heavy atom. The Hall–Kier alpha value is -1.39. The molecule has 0 bridgehead atoms. The molecule has 1 aromatic rings. The molecule has 0 atom stereocenters. The largest absolute Gasteiger partial charge is 0.496 e. The highest BCUT2D eigenvalue weighted by Gasteiger charge is 2.14. The first-order valence-electron chi connectivity index (χ1n) is 6.61. The van der Waals surface area contributed by atoms with Gasteiger partial charge in [-0.25, -0.2) is 0 Å². The Morgan fingerprint density at radius 2 is 2.16 bits per heavy atom. The van der Waals surface area contributed by atoms with Crippen LogP contribution in [0.25, 0.3) is 0 Å². The fourth-order valence-corrected chi connectivity index (χ4v) is 2.23. The molecule has 0 aliphatic carbocycles. The van der Waals surface area contributed by atoms with Gasteiger partial charge in [0.25, 0.3) is 0 Å². The first kappa shape index (κ1) is 14.0. The fourth-order valence-electron chi connectivity index (χ4n) is 2.23. The molecule has 0 N–H and O–H groups in total. The molecule has 0 saturated carbocycles. The van der Waals surface area contributed by atoms with Crippen molar-refractivity contribution in [3.63, 3.8) is 0 Å². The molecule has 1 heterocycles. The Balaban J connectivity index is 1.88. The summed E-state index contributed by atoms with van der Waals surface area (Å²) in [6.07, 6.45) is 2.96. The second-order valence-electron chi connectivity index (χ2n) is 4.76. The highest BCUT2D eigenvalue weighted by molar-refractivity contribution is 5.75. The van der Waals surface area contributed by atoms with E-state index in [2.05, 4.69) is 0 Å². The topological polar surface area (TPSA) is 44.8 Å². The van der Waals surface area contributed by atoms with E-state index in [1.165, 1.54) is 0 Å². The normalized spacial score (nSPS) is 16.3. The molecule has 0 amide bonds. The number of benzene rings is 1. The summed E-state index contributed by atoms with van der Waals surface area (Å²) in [4.78, 5) is 10.8. The lowest BCUT2D eigenvalue weighted by atomic mass is 10.0. The Bertz CT molecular complexity index is 411. The molecule has 0 aromatic heterocycles. The zero-order valence-electron chi connectivity index (χ0n) is 11.3. The molecule has 4 nitrogen and oxygen atoms in total. The highest BCUT2D eigenvalue weighted by Crippen LogP contribution is 2.21. The maximum Gasteiger partial charge on any atom is 0.150 e. The lowest BCUT2D eigenvalue weighted by Crippen LogP contribution is -2.20. The van der Waals surface area contributed by atoms with Crippen molar-refractivity contribution in [3.8, 4) is 5.75 Å². The predicted octanol–water partition coefficient (Wildman–Crippen LogP) is 2.45. The van der Waals surface area contributed by atoms with Crippen molar-refractivity contribution in [2.75, 3.05) is 26.9 Å². The van der Waals surface area contributed by atoms with Crippen molar-refractivity contribution in [2.24, 2.45) is 5.92 Å². The number of hydrogen-bond donors (Lipinski definition) is 0. The van der Waals surface area contributed by atoms with Crippen LogP contribution in [0.2, 0.25) is 0 Å². The SMILES string of the molecule is COc1ccc(C=O)cc1COCC1CCOCC1. The van der Waals surface area contributed by atoms with Crippen LogP contribution in [0.3, 0.4) is 0 Å². The van der Waals surface area contributed by atoms with Gasteiger partial charge in [-0.1, -0.05) is 0 Å². The number of methoxy groups -OCH3 is 1. The third kappa shape index (κ3) is 4.04. The van der Waals surface area contributed by atoms with Crippen LogP contribution in [0.1, 0.15) is 28.8 Å². The molecule has 1 saturated heterocycles. The number of ether oxygens (including phenoxy) is 3. The van der Waals surface area contributed by atoms with E-state index in [0.717, 1.165) is 50.3 Å². The van der Waals surface area contributed by atoms with Crippen LogP contribution in [-0.4, -0.2) is 33.2 Å². The van der Waals surface area contributed by atoms with Crippen LogP contribution in [0.15, 0.2) is 18.2 Å². The monoisotopic (exact) mass is 264 g/mol. The molecule has 1 fully saturated rings. The maximum absolute atomic E-state index is 10.8. The first-order valence-corrected chi connectivity index (χ1v) is 6.61. The highest BCUT2D eigenvalue weighted by atomic mass is 16.5. The lowest BCUT2D eigenvalue weighted by molar-refractivity contribution is 0.0153. The number of hydrogen-bond acceptors (Lipinski definition) is 4. The number of carbonyl (C=O) groups excluding carboxylic acids is 1. The van der Waals surface area contributed by atoms with Crippen molar-refractivity contribution in [1.29, 1.82) is 0 Å². The predicted molar refractivity (Wildman–Crippen MR) is 71.6 cm³/mol. The van der Waals surface area contributed by atoms with Crippen LogP contribution < -0.4 is 4.74 Å². The molecule has 4 heteroatoms. The van der Waals surface area contributed by atoms with Crippen molar-refractivity contribution < 1.29 is 19.0 Å². The number of aldehydes is 1. The molecule has 2 rings (SSSR count). The Morgan fingerprint density at radius 1 is 1.37 bits per heavy atom. The third-order valence-electron chi connectivity index (χ3n) is 3.39. The summed E-state index contributed by atoms with van der Waals surface area (Å²) < 4.78 is 16.3. The molecule has 0 radical (unpaired) electrons. The van der Waals surface area contributed by atoms with Gasteiger partial charge in [0.1, 0.15) is 12.0 Å². The smallest absolute Gasteiger partial charge is 0.150 e. The van der Waals surface area contributed by atoms with E-state index in [9.17, 15) is 4.79 Å². The summed E-state index contributed by atoms with van der Waals surface area (Å²) in [5, 5.41) is 0. The van der Waals surface area contributed by atoms with Gasteiger partial charge >= 0.3 is 0 Å². The molecule has 0 spiro atoms. The van der Waals surface area contributed by atoms with Crippen LogP contribution in [0.4, 0.5) is 0 Å². The van der Waals surface area contributed by atoms with Gasteiger partial charge in [0.2, 0.25) is 0 Å². The van der Waals surface area contributed by atoms with Gasteiger partial charge in [0, 0.05) is 24.3 Å². The van der Waals surface area contributed by atoms with E-state index in [0.29, 0.717) is 18.1 Å². The Kier molecular flexibility index (Phi) is 5.36. The van der Waals surface area contributed by atoms with Gasteiger partial charge in [0.05, 0.1) is 20.3 Å². The van der Waals surface area contributed by atoms with Gasteiger partial charge in [-0.15, -0.1) is 0 Å². The molecule has 0 unspecified atom stereocenters. The van der Waals surface area contributed by atoms with Crippen molar-refractivity contribution >= 4 is 6.29 Å². The second-order valence-corrected chi connectivity index (χ2v) is 4.76. The molecule has 19 heavy (non-hydrogen) atoms. The summed E-state index contributed by atoms with van der Waals surface area (Å²) in [5.41, 5.74) is 1.56.